The Bertz CT molecular complexity index is 835. The lowest BCUT2D eigenvalue weighted by Gasteiger charge is -2.32. The van der Waals surface area contributed by atoms with Gasteiger partial charge < -0.3 is 15.0 Å². The Balaban J connectivity index is 1.51. The van der Waals surface area contributed by atoms with Gasteiger partial charge >= 0.3 is 0 Å². The van der Waals surface area contributed by atoms with Crippen LogP contribution in [0.3, 0.4) is 0 Å². The van der Waals surface area contributed by atoms with Crippen molar-refractivity contribution >= 4 is 5.91 Å². The van der Waals surface area contributed by atoms with Gasteiger partial charge in [0.2, 0.25) is 5.43 Å². The lowest BCUT2D eigenvalue weighted by Crippen LogP contribution is -2.40. The number of ether oxygens (including phenoxy) is 1. The Kier molecular flexibility index (Phi) is 6.24. The molecule has 0 spiro atoms. The molecule has 2 N–H and O–H groups in total. The lowest BCUT2D eigenvalue weighted by atomic mass is 9.97. The number of likely N-dealkylation sites (tertiary alicyclic amines) is 1. The number of nitrogens with zero attached hydrogens (tertiary/aromatic N) is 1. The normalized spacial score (nSPS) is 17.5. The Labute approximate surface area is 157 Å². The number of methoxy groups -OCH3 is 1. The minimum Gasteiger partial charge on any atom is -0.491 e. The number of benzene rings is 1. The van der Waals surface area contributed by atoms with Crippen molar-refractivity contribution in [1.82, 2.24) is 15.2 Å². The molecule has 2 aromatic rings. The highest BCUT2D eigenvalue weighted by Gasteiger charge is 2.21. The highest BCUT2D eigenvalue weighted by Crippen LogP contribution is 2.18. The molecule has 7 heteroatoms. The van der Waals surface area contributed by atoms with Crippen LogP contribution in [0.4, 0.5) is 4.39 Å². The topological polar surface area (TPSA) is 74.4 Å². The van der Waals surface area contributed by atoms with Crippen molar-refractivity contribution in [3.05, 3.63) is 63.8 Å². The summed E-state index contributed by atoms with van der Waals surface area (Å²) in [4.78, 5) is 29.4. The summed E-state index contributed by atoms with van der Waals surface area (Å²) in [5.74, 6) is 0.101. The number of pyridine rings is 1. The molecule has 0 aliphatic carbocycles. The first-order valence-corrected chi connectivity index (χ1v) is 9.07. The SMILES string of the molecule is COc1c[nH]c(CN2CCC[C@H](CNC(=O)c3ccc(F)cc3)C2)cc1=O. The van der Waals surface area contributed by atoms with Gasteiger partial charge in [0.15, 0.2) is 5.75 Å². The van der Waals surface area contributed by atoms with E-state index in [2.05, 4.69) is 15.2 Å². The molecule has 3 rings (SSSR count). The van der Waals surface area contributed by atoms with E-state index >= 15 is 0 Å². The number of carbonyl (C=O) groups is 1. The summed E-state index contributed by atoms with van der Waals surface area (Å²) in [5, 5.41) is 2.93. The van der Waals surface area contributed by atoms with Crippen molar-refractivity contribution in [3.8, 4) is 5.75 Å². The molecule has 0 unspecified atom stereocenters. The van der Waals surface area contributed by atoms with Crippen molar-refractivity contribution in [2.45, 2.75) is 19.4 Å². The first kappa shape index (κ1) is 19.1. The van der Waals surface area contributed by atoms with E-state index in [0.29, 0.717) is 30.3 Å². The van der Waals surface area contributed by atoms with Crippen LogP contribution < -0.4 is 15.5 Å². The molecule has 1 aliphatic heterocycles. The highest BCUT2D eigenvalue weighted by atomic mass is 19.1. The van der Waals surface area contributed by atoms with Gasteiger partial charge in [0.05, 0.1) is 7.11 Å². The Morgan fingerprint density at radius 1 is 1.37 bits per heavy atom. The van der Waals surface area contributed by atoms with Gasteiger partial charge in [0, 0.05) is 43.2 Å². The van der Waals surface area contributed by atoms with Gasteiger partial charge in [-0.1, -0.05) is 0 Å². The van der Waals surface area contributed by atoms with Gasteiger partial charge in [0.1, 0.15) is 5.82 Å². The molecule has 144 valence electrons. The van der Waals surface area contributed by atoms with Crippen molar-refractivity contribution in [1.29, 1.82) is 0 Å². The van der Waals surface area contributed by atoms with Crippen molar-refractivity contribution in [3.63, 3.8) is 0 Å². The third kappa shape index (κ3) is 5.17. The zero-order valence-corrected chi connectivity index (χ0v) is 15.3. The predicted molar refractivity (Wildman–Crippen MR) is 100 cm³/mol. The summed E-state index contributed by atoms with van der Waals surface area (Å²) in [6.07, 6.45) is 3.67. The molecule has 1 aromatic carbocycles. The maximum Gasteiger partial charge on any atom is 0.251 e. The van der Waals surface area contributed by atoms with Gasteiger partial charge in [-0.05, 0) is 49.6 Å². The van der Waals surface area contributed by atoms with E-state index in [1.54, 1.807) is 12.3 Å². The summed E-state index contributed by atoms with van der Waals surface area (Å²) in [5.41, 5.74) is 1.17. The van der Waals surface area contributed by atoms with E-state index in [1.165, 1.54) is 31.4 Å². The predicted octanol–water partition coefficient (Wildman–Crippen LogP) is 2.16. The number of aromatic amines is 1. The molecular formula is C20H24FN3O3. The van der Waals surface area contributed by atoms with E-state index in [0.717, 1.165) is 31.6 Å². The average Bonchev–Trinajstić information content (AvgIpc) is 2.67. The number of halogens is 1. The standard InChI is InChI=1S/C20H24FN3O3/c1-27-19-11-22-17(9-18(19)25)13-24-8-2-3-14(12-24)10-23-20(26)15-4-6-16(21)7-5-15/h4-7,9,11,14H,2-3,8,10,12-13H2,1H3,(H,22,25)(H,23,26)/t14-/m1/s1. The Hall–Kier alpha value is -2.67. The molecule has 1 fully saturated rings. The van der Waals surface area contributed by atoms with Gasteiger partial charge in [-0.2, -0.15) is 0 Å². The highest BCUT2D eigenvalue weighted by molar-refractivity contribution is 5.94. The minimum atomic E-state index is -0.356. The summed E-state index contributed by atoms with van der Waals surface area (Å²) in [6, 6.07) is 7.11. The zero-order chi connectivity index (χ0) is 19.2. The van der Waals surface area contributed by atoms with Gasteiger partial charge in [0.25, 0.3) is 5.91 Å². The van der Waals surface area contributed by atoms with Crippen molar-refractivity contribution in [2.24, 2.45) is 5.92 Å². The second kappa shape index (κ2) is 8.81. The third-order valence-corrected chi connectivity index (χ3v) is 4.81. The third-order valence-electron chi connectivity index (χ3n) is 4.81. The number of rotatable bonds is 6. The number of aromatic nitrogens is 1. The summed E-state index contributed by atoms with van der Waals surface area (Å²) >= 11 is 0. The second-order valence-electron chi connectivity index (χ2n) is 6.85. The van der Waals surface area contributed by atoms with Crippen LogP contribution >= 0.6 is 0 Å². The smallest absolute Gasteiger partial charge is 0.251 e. The number of nitrogens with one attached hydrogen (secondary N) is 2. The monoisotopic (exact) mass is 373 g/mol. The molecule has 6 nitrogen and oxygen atoms in total. The molecule has 1 atom stereocenters. The molecule has 0 saturated carbocycles. The quantitative estimate of drug-likeness (QED) is 0.814. The first-order valence-electron chi connectivity index (χ1n) is 9.07. The first-order chi connectivity index (χ1) is 13.0. The second-order valence-corrected chi connectivity index (χ2v) is 6.85. The summed E-state index contributed by atoms with van der Waals surface area (Å²) < 4.78 is 17.9. The number of H-pyrrole nitrogens is 1. The molecule has 1 amide bonds. The van der Waals surface area contributed by atoms with E-state index in [1.807, 2.05) is 0 Å². The van der Waals surface area contributed by atoms with E-state index in [-0.39, 0.29) is 17.2 Å². The average molecular weight is 373 g/mol. The number of carbonyl (C=O) groups excluding carboxylic acids is 1. The van der Waals surface area contributed by atoms with Crippen LogP contribution in [0.25, 0.3) is 0 Å². The van der Waals surface area contributed by atoms with E-state index < -0.39 is 0 Å². The van der Waals surface area contributed by atoms with E-state index in [4.69, 9.17) is 4.74 Å². The fourth-order valence-electron chi connectivity index (χ4n) is 3.39. The van der Waals surface area contributed by atoms with Crippen LogP contribution in [-0.2, 0) is 6.54 Å². The van der Waals surface area contributed by atoms with Gasteiger partial charge in [-0.25, -0.2) is 4.39 Å². The van der Waals surface area contributed by atoms with Crippen LogP contribution in [0.2, 0.25) is 0 Å². The molecular weight excluding hydrogens is 349 g/mol. The molecule has 1 saturated heterocycles. The van der Waals surface area contributed by atoms with Crippen LogP contribution in [0.5, 0.6) is 5.75 Å². The Morgan fingerprint density at radius 2 is 2.15 bits per heavy atom. The maximum absolute atomic E-state index is 12.9. The van der Waals surface area contributed by atoms with Crippen LogP contribution in [0.15, 0.2) is 41.3 Å². The van der Waals surface area contributed by atoms with Crippen molar-refractivity contribution < 1.29 is 13.9 Å². The fourth-order valence-corrected chi connectivity index (χ4v) is 3.39. The van der Waals surface area contributed by atoms with Crippen LogP contribution in [0.1, 0.15) is 28.9 Å². The number of piperidine rings is 1. The maximum atomic E-state index is 12.9. The van der Waals surface area contributed by atoms with Gasteiger partial charge in [-0.3, -0.25) is 14.5 Å². The molecule has 1 aliphatic rings. The zero-order valence-electron chi connectivity index (χ0n) is 15.3. The van der Waals surface area contributed by atoms with Gasteiger partial charge in [-0.15, -0.1) is 0 Å². The minimum absolute atomic E-state index is 0.133. The van der Waals surface area contributed by atoms with Crippen LogP contribution in [-0.4, -0.2) is 42.5 Å². The molecule has 27 heavy (non-hydrogen) atoms. The number of hydrogen-bond acceptors (Lipinski definition) is 4. The number of amides is 1. The van der Waals surface area contributed by atoms with Crippen LogP contribution in [0, 0.1) is 11.7 Å². The molecule has 1 aromatic heterocycles. The largest absolute Gasteiger partial charge is 0.491 e. The lowest BCUT2D eigenvalue weighted by molar-refractivity contribution is 0.0930. The van der Waals surface area contributed by atoms with Crippen molar-refractivity contribution in [2.75, 3.05) is 26.7 Å². The summed E-state index contributed by atoms with van der Waals surface area (Å²) in [7, 11) is 1.47. The fraction of sp³-hybridized carbons (Fsp3) is 0.400. The molecule has 0 radical (unpaired) electrons. The number of hydrogen-bond donors (Lipinski definition) is 2. The Morgan fingerprint density at radius 3 is 2.85 bits per heavy atom. The molecule has 0 bridgehead atoms. The van der Waals surface area contributed by atoms with E-state index in [9.17, 15) is 14.0 Å². The summed E-state index contributed by atoms with van der Waals surface area (Å²) in [6.45, 7) is 3.03. The molecule has 2 heterocycles.